The van der Waals surface area contributed by atoms with E-state index < -0.39 is 17.6 Å². The maximum absolute atomic E-state index is 14.0. The van der Waals surface area contributed by atoms with E-state index in [0.717, 1.165) is 5.56 Å². The van der Waals surface area contributed by atoms with Gasteiger partial charge >= 0.3 is 0 Å². The van der Waals surface area contributed by atoms with Crippen LogP contribution in [0.25, 0.3) is 0 Å². The minimum atomic E-state index is -0.634. The molecule has 0 saturated heterocycles. The Kier molecular flexibility index (Phi) is 5.13. The summed E-state index contributed by atoms with van der Waals surface area (Å²) in [6, 6.07) is 9.45. The van der Waals surface area contributed by atoms with Gasteiger partial charge in [0.1, 0.15) is 11.6 Å². The molecule has 0 fully saturated rings. The summed E-state index contributed by atoms with van der Waals surface area (Å²) >= 11 is 8.93. The van der Waals surface area contributed by atoms with Crippen molar-refractivity contribution >= 4 is 27.5 Å². The highest BCUT2D eigenvalue weighted by Gasteiger charge is 2.19. The van der Waals surface area contributed by atoms with Gasteiger partial charge in [-0.25, -0.2) is 8.78 Å². The Labute approximate surface area is 129 Å². The van der Waals surface area contributed by atoms with E-state index in [1.807, 2.05) is 0 Å². The van der Waals surface area contributed by atoms with Gasteiger partial charge in [0.05, 0.1) is 11.1 Å². The first-order chi connectivity index (χ1) is 9.52. The summed E-state index contributed by atoms with van der Waals surface area (Å²) in [5.74, 6) is -1.66. The van der Waals surface area contributed by atoms with E-state index in [9.17, 15) is 13.9 Å². The average molecular weight is 362 g/mol. The molecule has 1 unspecified atom stereocenters. The minimum Gasteiger partial charge on any atom is -0.396 e. The predicted octanol–water partition coefficient (Wildman–Crippen LogP) is 4.70. The molecule has 106 valence electrons. The van der Waals surface area contributed by atoms with Crippen molar-refractivity contribution in [2.75, 3.05) is 6.61 Å². The zero-order chi connectivity index (χ0) is 14.7. The Morgan fingerprint density at radius 1 is 1.20 bits per heavy atom. The lowest BCUT2D eigenvalue weighted by atomic mass is 9.92. The molecule has 0 aliphatic heterocycles. The number of aliphatic hydroxyl groups is 1. The van der Waals surface area contributed by atoms with Crippen LogP contribution in [0.5, 0.6) is 0 Å². The largest absolute Gasteiger partial charge is 0.396 e. The van der Waals surface area contributed by atoms with Crippen LogP contribution in [0.4, 0.5) is 8.78 Å². The molecule has 2 aromatic rings. The van der Waals surface area contributed by atoms with Gasteiger partial charge in [0.2, 0.25) is 0 Å². The van der Waals surface area contributed by atoms with Crippen molar-refractivity contribution in [3.8, 4) is 0 Å². The molecule has 0 aliphatic carbocycles. The van der Waals surface area contributed by atoms with Crippen molar-refractivity contribution in [1.82, 2.24) is 0 Å². The molecule has 2 rings (SSSR count). The molecule has 0 aromatic heterocycles. The van der Waals surface area contributed by atoms with Gasteiger partial charge in [-0.3, -0.25) is 0 Å². The summed E-state index contributed by atoms with van der Waals surface area (Å²) in [6.45, 7) is -0.217. The van der Waals surface area contributed by atoms with Gasteiger partial charge in [-0.15, -0.1) is 0 Å². The second-order valence-electron chi connectivity index (χ2n) is 4.46. The Bertz CT molecular complexity index is 619. The maximum Gasteiger partial charge on any atom is 0.143 e. The highest BCUT2D eigenvalue weighted by molar-refractivity contribution is 9.10. The lowest BCUT2D eigenvalue weighted by Gasteiger charge is -2.16. The van der Waals surface area contributed by atoms with Crippen LogP contribution in [0.3, 0.4) is 0 Å². The van der Waals surface area contributed by atoms with Crippen molar-refractivity contribution in [1.29, 1.82) is 0 Å². The van der Waals surface area contributed by atoms with Gasteiger partial charge in [0.25, 0.3) is 0 Å². The molecule has 0 aliphatic rings. The average Bonchev–Trinajstić information content (AvgIpc) is 2.43. The fraction of sp³-hybridized carbons (Fsp3) is 0.200. The van der Waals surface area contributed by atoms with Crippen LogP contribution in [0.1, 0.15) is 17.0 Å². The molecule has 20 heavy (non-hydrogen) atoms. The Balaban J connectivity index is 2.34. The van der Waals surface area contributed by atoms with Crippen molar-refractivity contribution in [2.24, 2.45) is 0 Å². The van der Waals surface area contributed by atoms with Gasteiger partial charge in [-0.2, -0.15) is 0 Å². The Morgan fingerprint density at radius 2 is 1.95 bits per heavy atom. The molecule has 2 aromatic carbocycles. The van der Waals surface area contributed by atoms with Crippen LogP contribution >= 0.6 is 27.5 Å². The molecular weight excluding hydrogens is 350 g/mol. The topological polar surface area (TPSA) is 20.2 Å². The van der Waals surface area contributed by atoms with E-state index in [-0.39, 0.29) is 23.1 Å². The van der Waals surface area contributed by atoms with Gasteiger partial charge in [-0.05, 0) is 52.2 Å². The first-order valence-corrected chi connectivity index (χ1v) is 7.18. The van der Waals surface area contributed by atoms with Crippen LogP contribution in [-0.4, -0.2) is 11.7 Å². The molecule has 0 radical (unpaired) electrons. The second-order valence-corrected chi connectivity index (χ2v) is 5.75. The van der Waals surface area contributed by atoms with Crippen molar-refractivity contribution < 1.29 is 13.9 Å². The Hall–Kier alpha value is -0.970. The molecule has 0 heterocycles. The number of aliphatic hydroxyl groups excluding tert-OH is 1. The lowest BCUT2D eigenvalue weighted by Crippen LogP contribution is -2.10. The zero-order valence-corrected chi connectivity index (χ0v) is 12.8. The number of halogens is 4. The van der Waals surface area contributed by atoms with Crippen LogP contribution in [0.15, 0.2) is 40.9 Å². The molecule has 1 nitrogen and oxygen atoms in total. The van der Waals surface area contributed by atoms with Gasteiger partial charge in [0.15, 0.2) is 0 Å². The lowest BCUT2D eigenvalue weighted by molar-refractivity contribution is 0.263. The minimum absolute atomic E-state index is 0.0431. The van der Waals surface area contributed by atoms with E-state index >= 15 is 0 Å². The van der Waals surface area contributed by atoms with Crippen LogP contribution in [-0.2, 0) is 6.42 Å². The molecular formula is C15H12BrClF2O. The summed E-state index contributed by atoms with van der Waals surface area (Å²) < 4.78 is 27.9. The monoisotopic (exact) mass is 360 g/mol. The molecule has 0 spiro atoms. The molecule has 1 atom stereocenters. The van der Waals surface area contributed by atoms with Gasteiger partial charge < -0.3 is 5.11 Å². The quantitative estimate of drug-likeness (QED) is 0.783. The fourth-order valence-electron chi connectivity index (χ4n) is 2.05. The number of rotatable bonds is 4. The second kappa shape index (κ2) is 6.66. The first kappa shape index (κ1) is 15.4. The smallest absolute Gasteiger partial charge is 0.143 e. The summed E-state index contributed by atoms with van der Waals surface area (Å²) in [4.78, 5) is 0. The predicted molar refractivity (Wildman–Crippen MR) is 79.0 cm³/mol. The number of benzene rings is 2. The van der Waals surface area contributed by atoms with Crippen molar-refractivity contribution in [2.45, 2.75) is 12.3 Å². The van der Waals surface area contributed by atoms with E-state index in [4.69, 9.17) is 11.6 Å². The van der Waals surface area contributed by atoms with E-state index in [1.165, 1.54) is 12.1 Å². The first-order valence-electron chi connectivity index (χ1n) is 6.01. The van der Waals surface area contributed by atoms with Crippen molar-refractivity contribution in [3.63, 3.8) is 0 Å². The molecule has 0 bridgehead atoms. The summed E-state index contributed by atoms with van der Waals surface area (Å²) in [5.41, 5.74) is 0.706. The van der Waals surface area contributed by atoms with Crippen LogP contribution < -0.4 is 0 Å². The summed E-state index contributed by atoms with van der Waals surface area (Å²) in [7, 11) is 0. The number of hydrogen-bond acceptors (Lipinski definition) is 1. The highest BCUT2D eigenvalue weighted by atomic mass is 79.9. The fourth-order valence-corrected chi connectivity index (χ4v) is 2.62. The normalized spacial score (nSPS) is 12.4. The van der Waals surface area contributed by atoms with E-state index in [1.54, 1.807) is 24.3 Å². The standard InChI is InChI=1S/C15H12BrClF2O/c16-13-4-5-14(18)12(15(13)19)7-10(8-20)9-2-1-3-11(17)6-9/h1-6,10,20H,7-8H2. The maximum atomic E-state index is 14.0. The van der Waals surface area contributed by atoms with Crippen LogP contribution in [0.2, 0.25) is 5.02 Å². The number of hydrogen-bond donors (Lipinski definition) is 1. The molecule has 0 saturated carbocycles. The van der Waals surface area contributed by atoms with E-state index in [2.05, 4.69) is 15.9 Å². The Morgan fingerprint density at radius 3 is 2.60 bits per heavy atom. The van der Waals surface area contributed by atoms with Gasteiger partial charge in [0, 0.05) is 16.5 Å². The highest BCUT2D eigenvalue weighted by Crippen LogP contribution is 2.28. The third kappa shape index (κ3) is 3.37. The van der Waals surface area contributed by atoms with E-state index in [0.29, 0.717) is 5.02 Å². The zero-order valence-electron chi connectivity index (χ0n) is 10.4. The molecule has 0 amide bonds. The van der Waals surface area contributed by atoms with Crippen LogP contribution in [0, 0.1) is 11.6 Å². The van der Waals surface area contributed by atoms with Gasteiger partial charge in [-0.1, -0.05) is 23.7 Å². The van der Waals surface area contributed by atoms with Crippen molar-refractivity contribution in [3.05, 3.63) is 68.7 Å². The molecule has 5 heteroatoms. The summed E-state index contributed by atoms with van der Waals surface area (Å²) in [5, 5.41) is 10.0. The SMILES string of the molecule is OCC(Cc1c(F)ccc(Br)c1F)c1cccc(Cl)c1. The third-order valence-corrected chi connectivity index (χ3v) is 3.98. The third-order valence-electron chi connectivity index (χ3n) is 3.13. The summed E-state index contributed by atoms with van der Waals surface area (Å²) in [6.07, 6.45) is 0.0634. The molecule has 1 N–H and O–H groups in total.